The molecule has 0 heterocycles. The van der Waals surface area contributed by atoms with Gasteiger partial charge in [-0.15, -0.1) is 0 Å². The molecule has 0 unspecified atom stereocenters. The van der Waals surface area contributed by atoms with E-state index in [1.54, 1.807) is 0 Å². The highest BCUT2D eigenvalue weighted by Gasteiger charge is 2.42. The molecule has 3 nitrogen and oxygen atoms in total. The fourth-order valence-corrected chi connectivity index (χ4v) is 3.70. The third-order valence-electron chi connectivity index (χ3n) is 5.32. The summed E-state index contributed by atoms with van der Waals surface area (Å²) in [6.07, 6.45) is 4.67. The van der Waals surface area contributed by atoms with Crippen molar-refractivity contribution in [3.8, 4) is 0 Å². The Balaban J connectivity index is 2.23. The predicted molar refractivity (Wildman–Crippen MR) is 73.6 cm³/mol. The first kappa shape index (κ1) is 14.3. The molecule has 2 aliphatic carbocycles. The van der Waals surface area contributed by atoms with Crippen LogP contribution in [0.4, 0.5) is 0 Å². The number of fused-ring (bicyclic) bond motifs is 1. The van der Waals surface area contributed by atoms with Crippen molar-refractivity contribution in [1.82, 2.24) is 0 Å². The Morgan fingerprint density at radius 2 is 2.11 bits per heavy atom. The second-order valence-electron chi connectivity index (χ2n) is 6.40. The van der Waals surface area contributed by atoms with Gasteiger partial charge < -0.3 is 4.74 Å². The zero-order chi connectivity index (χ0) is 14.2. The van der Waals surface area contributed by atoms with E-state index < -0.39 is 0 Å². The van der Waals surface area contributed by atoms with E-state index in [0.717, 1.165) is 31.3 Å². The number of hydrogen-bond acceptors (Lipinski definition) is 3. The smallest absolute Gasteiger partial charge is 0.308 e. The first-order valence-electron chi connectivity index (χ1n) is 7.20. The van der Waals surface area contributed by atoms with E-state index in [1.807, 2.05) is 13.8 Å². The second-order valence-corrected chi connectivity index (χ2v) is 6.40. The van der Waals surface area contributed by atoms with Crippen LogP contribution in [0.25, 0.3) is 0 Å². The molecule has 106 valence electrons. The number of methoxy groups -OCH3 is 1. The highest BCUT2D eigenvalue weighted by molar-refractivity contribution is 5.96. The van der Waals surface area contributed by atoms with Crippen LogP contribution in [0, 0.1) is 17.3 Å². The Bertz CT molecular complexity index is 435. The zero-order valence-electron chi connectivity index (χ0n) is 12.4. The molecule has 0 saturated heterocycles. The molecule has 1 saturated carbocycles. The number of ether oxygens (including phenoxy) is 1. The van der Waals surface area contributed by atoms with Crippen LogP contribution in [0.1, 0.15) is 52.9 Å². The molecule has 1 fully saturated rings. The molecule has 0 radical (unpaired) electrons. The molecule has 3 heteroatoms. The molecule has 0 aliphatic heterocycles. The number of ketones is 1. The van der Waals surface area contributed by atoms with Crippen LogP contribution in [0.15, 0.2) is 11.1 Å². The zero-order valence-corrected chi connectivity index (χ0v) is 12.4. The van der Waals surface area contributed by atoms with Gasteiger partial charge >= 0.3 is 5.97 Å². The number of rotatable bonds is 2. The van der Waals surface area contributed by atoms with Gasteiger partial charge in [0.25, 0.3) is 0 Å². The van der Waals surface area contributed by atoms with E-state index in [2.05, 4.69) is 6.92 Å². The first-order valence-corrected chi connectivity index (χ1v) is 7.20. The van der Waals surface area contributed by atoms with Crippen LogP contribution in [0.2, 0.25) is 0 Å². The Morgan fingerprint density at radius 3 is 2.74 bits per heavy atom. The van der Waals surface area contributed by atoms with Crippen molar-refractivity contribution < 1.29 is 14.3 Å². The summed E-state index contributed by atoms with van der Waals surface area (Å²) < 4.78 is 4.85. The van der Waals surface area contributed by atoms with Gasteiger partial charge in [-0.3, -0.25) is 9.59 Å². The van der Waals surface area contributed by atoms with Crippen LogP contribution in [0.3, 0.4) is 0 Å². The summed E-state index contributed by atoms with van der Waals surface area (Å²) in [6.45, 7) is 6.18. The lowest BCUT2D eigenvalue weighted by molar-refractivity contribution is -0.147. The quantitative estimate of drug-likeness (QED) is 0.719. The van der Waals surface area contributed by atoms with E-state index in [-0.39, 0.29) is 17.3 Å². The van der Waals surface area contributed by atoms with Gasteiger partial charge in [0, 0.05) is 6.42 Å². The molecule has 0 aromatic heterocycles. The van der Waals surface area contributed by atoms with Crippen molar-refractivity contribution in [2.45, 2.75) is 52.9 Å². The van der Waals surface area contributed by atoms with E-state index in [4.69, 9.17) is 4.74 Å². The van der Waals surface area contributed by atoms with Gasteiger partial charge in [0.05, 0.1) is 13.0 Å². The van der Waals surface area contributed by atoms with Gasteiger partial charge in [0.15, 0.2) is 5.78 Å². The normalized spacial score (nSPS) is 32.8. The second kappa shape index (κ2) is 5.10. The molecule has 0 aromatic rings. The third kappa shape index (κ3) is 2.47. The molecular weight excluding hydrogens is 240 g/mol. The molecule has 2 aliphatic rings. The predicted octanol–water partition coefficient (Wildman–Crippen LogP) is 3.28. The summed E-state index contributed by atoms with van der Waals surface area (Å²) in [5.74, 6) is 0.399. The number of carbonyl (C=O) groups is 2. The minimum Gasteiger partial charge on any atom is -0.469 e. The number of allylic oxidation sites excluding steroid dienone is 2. The topological polar surface area (TPSA) is 43.4 Å². The number of carbonyl (C=O) groups excluding carboxylic acids is 2. The standard InChI is InChI=1S/C16H24O3/c1-10(15(18)19-4)12-5-7-16(3)8-6-14(17)11(2)13(16)9-12/h10,12H,5-9H2,1-4H3/t10-,12-,16+/m1/s1. The van der Waals surface area contributed by atoms with E-state index in [1.165, 1.54) is 12.7 Å². The summed E-state index contributed by atoms with van der Waals surface area (Å²) in [7, 11) is 1.44. The van der Waals surface area contributed by atoms with Gasteiger partial charge in [0.1, 0.15) is 0 Å². The maximum atomic E-state index is 11.9. The summed E-state index contributed by atoms with van der Waals surface area (Å²) >= 11 is 0. The van der Waals surface area contributed by atoms with Crippen LogP contribution in [0.5, 0.6) is 0 Å². The van der Waals surface area contributed by atoms with Crippen LogP contribution in [-0.4, -0.2) is 18.9 Å². The Kier molecular flexibility index (Phi) is 3.84. The summed E-state index contributed by atoms with van der Waals surface area (Å²) in [5, 5.41) is 0. The molecule has 0 amide bonds. The maximum absolute atomic E-state index is 11.9. The largest absolute Gasteiger partial charge is 0.469 e. The minimum absolute atomic E-state index is 0.0770. The average Bonchev–Trinajstić information content (AvgIpc) is 2.41. The molecular formula is C16H24O3. The number of Topliss-reactive ketones (excluding diaryl/α,β-unsaturated/α-hetero) is 1. The van der Waals surface area contributed by atoms with Crippen molar-refractivity contribution in [1.29, 1.82) is 0 Å². The van der Waals surface area contributed by atoms with Gasteiger partial charge in [0.2, 0.25) is 0 Å². The lowest BCUT2D eigenvalue weighted by Crippen LogP contribution is -2.36. The van der Waals surface area contributed by atoms with Gasteiger partial charge in [-0.1, -0.05) is 19.4 Å². The Labute approximate surface area is 115 Å². The van der Waals surface area contributed by atoms with Gasteiger partial charge in [-0.25, -0.2) is 0 Å². The third-order valence-corrected chi connectivity index (χ3v) is 5.32. The van der Waals surface area contributed by atoms with Crippen LogP contribution in [-0.2, 0) is 14.3 Å². The Morgan fingerprint density at radius 1 is 1.42 bits per heavy atom. The fraction of sp³-hybridized carbons (Fsp3) is 0.750. The van der Waals surface area contributed by atoms with Gasteiger partial charge in [-0.2, -0.15) is 0 Å². The number of hydrogen-bond donors (Lipinski definition) is 0. The van der Waals surface area contributed by atoms with Crippen LogP contribution < -0.4 is 0 Å². The molecule has 19 heavy (non-hydrogen) atoms. The average molecular weight is 264 g/mol. The van der Waals surface area contributed by atoms with Crippen molar-refractivity contribution in [3.05, 3.63) is 11.1 Å². The first-order chi connectivity index (χ1) is 8.89. The van der Waals surface area contributed by atoms with E-state index in [9.17, 15) is 9.59 Å². The van der Waals surface area contributed by atoms with Crippen molar-refractivity contribution in [2.75, 3.05) is 7.11 Å². The molecule has 0 spiro atoms. The van der Waals surface area contributed by atoms with Crippen molar-refractivity contribution in [2.24, 2.45) is 17.3 Å². The highest BCUT2D eigenvalue weighted by atomic mass is 16.5. The summed E-state index contributed by atoms with van der Waals surface area (Å²) in [4.78, 5) is 23.6. The maximum Gasteiger partial charge on any atom is 0.308 e. The minimum atomic E-state index is -0.131. The van der Waals surface area contributed by atoms with E-state index >= 15 is 0 Å². The van der Waals surface area contributed by atoms with Crippen LogP contribution >= 0.6 is 0 Å². The summed E-state index contributed by atoms with van der Waals surface area (Å²) in [6, 6.07) is 0. The molecule has 3 atom stereocenters. The highest BCUT2D eigenvalue weighted by Crippen LogP contribution is 2.51. The van der Waals surface area contributed by atoms with Gasteiger partial charge in [-0.05, 0) is 49.5 Å². The van der Waals surface area contributed by atoms with Crippen molar-refractivity contribution in [3.63, 3.8) is 0 Å². The van der Waals surface area contributed by atoms with Crippen molar-refractivity contribution >= 4 is 11.8 Å². The fourth-order valence-electron chi connectivity index (χ4n) is 3.70. The monoisotopic (exact) mass is 264 g/mol. The summed E-state index contributed by atoms with van der Waals surface area (Å²) in [5.41, 5.74) is 2.44. The Hall–Kier alpha value is -1.12. The molecule has 0 aromatic carbocycles. The van der Waals surface area contributed by atoms with E-state index in [0.29, 0.717) is 18.1 Å². The SMILES string of the molecule is COC(=O)[C@H](C)[C@@H]1CC[C@@]2(C)CCC(=O)C(C)=C2C1. The lowest BCUT2D eigenvalue weighted by Gasteiger charge is -2.44. The number of esters is 1. The molecule has 0 bridgehead atoms. The lowest BCUT2D eigenvalue weighted by atomic mass is 9.60. The molecule has 2 rings (SSSR count). The molecule has 0 N–H and O–H groups in total.